The van der Waals surface area contributed by atoms with Gasteiger partial charge in [0.1, 0.15) is 11.7 Å². The molecule has 29 heavy (non-hydrogen) atoms. The van der Waals surface area contributed by atoms with E-state index < -0.39 is 29.9 Å². The molecule has 0 spiro atoms. The molecule has 0 aliphatic rings. The average molecular weight is 450 g/mol. The van der Waals surface area contributed by atoms with Gasteiger partial charge >= 0.3 is 12.1 Å². The molecule has 0 bridgehead atoms. The van der Waals surface area contributed by atoms with Crippen molar-refractivity contribution in [1.82, 2.24) is 9.97 Å². The first-order valence-corrected chi connectivity index (χ1v) is 9.10. The molecule has 1 unspecified atom stereocenters. The van der Waals surface area contributed by atoms with Crippen LogP contribution in [-0.2, 0) is 16.0 Å². The topological polar surface area (TPSA) is 92.2 Å². The maximum Gasteiger partial charge on any atom is 0.392 e. The molecule has 6 nitrogen and oxygen atoms in total. The maximum absolute atomic E-state index is 13.3. The summed E-state index contributed by atoms with van der Waals surface area (Å²) < 4.78 is 40.0. The number of carbonyl (C=O) groups is 2. The molecule has 0 aliphatic carbocycles. The summed E-state index contributed by atoms with van der Waals surface area (Å²) in [5.74, 6) is -6.18. The zero-order valence-electron chi connectivity index (χ0n) is 15.0. The van der Waals surface area contributed by atoms with Crippen LogP contribution in [0.15, 0.2) is 30.6 Å². The zero-order valence-corrected chi connectivity index (χ0v) is 16.5. The summed E-state index contributed by atoms with van der Waals surface area (Å²) in [5, 5.41) is 11.4. The van der Waals surface area contributed by atoms with Crippen molar-refractivity contribution in [3.05, 3.63) is 52.0 Å². The molecule has 1 aromatic heterocycles. The van der Waals surface area contributed by atoms with E-state index in [1.165, 1.54) is 12.1 Å². The van der Waals surface area contributed by atoms with Gasteiger partial charge in [0.2, 0.25) is 5.91 Å². The molecule has 2 aromatic rings. The molecule has 0 aliphatic heterocycles. The minimum Gasteiger partial charge on any atom is -0.481 e. The largest absolute Gasteiger partial charge is 0.481 e. The minimum atomic E-state index is -4.68. The Hall–Kier alpha value is -2.39. The van der Waals surface area contributed by atoms with Crippen LogP contribution >= 0.6 is 23.2 Å². The van der Waals surface area contributed by atoms with E-state index in [-0.39, 0.29) is 34.4 Å². The molecule has 0 saturated heterocycles. The highest BCUT2D eigenvalue weighted by atomic mass is 35.5. The zero-order chi connectivity index (χ0) is 21.8. The summed E-state index contributed by atoms with van der Waals surface area (Å²) >= 11 is 11.7. The fraction of sp³-hybridized carbons (Fsp3) is 0.333. The number of aliphatic carboxylic acids is 1. The van der Waals surface area contributed by atoms with Gasteiger partial charge in [-0.2, -0.15) is 13.2 Å². The Labute approximate surface area is 174 Å². The highest BCUT2D eigenvalue weighted by Gasteiger charge is 2.46. The van der Waals surface area contributed by atoms with Crippen molar-refractivity contribution < 1.29 is 27.9 Å². The fourth-order valence-corrected chi connectivity index (χ4v) is 2.79. The first-order valence-electron chi connectivity index (χ1n) is 8.34. The van der Waals surface area contributed by atoms with Crippen molar-refractivity contribution in [3.8, 4) is 0 Å². The Kier molecular flexibility index (Phi) is 7.43. The average Bonchev–Trinajstić information content (AvgIpc) is 2.63. The first kappa shape index (κ1) is 22.9. The number of carboxylic acid groups (broad SMARTS) is 1. The van der Waals surface area contributed by atoms with Crippen LogP contribution < -0.4 is 5.32 Å². The van der Waals surface area contributed by atoms with Gasteiger partial charge in [0.25, 0.3) is 0 Å². The van der Waals surface area contributed by atoms with E-state index >= 15 is 0 Å². The van der Waals surface area contributed by atoms with Gasteiger partial charge in [-0.1, -0.05) is 36.2 Å². The lowest BCUT2D eigenvalue weighted by Gasteiger charge is -2.24. The molecule has 11 heteroatoms. The summed E-state index contributed by atoms with van der Waals surface area (Å²) in [7, 11) is 0. The summed E-state index contributed by atoms with van der Waals surface area (Å²) in [5.41, 5.74) is 0.614. The third kappa shape index (κ3) is 6.30. The van der Waals surface area contributed by atoms with Gasteiger partial charge < -0.3 is 10.4 Å². The van der Waals surface area contributed by atoms with E-state index in [0.29, 0.717) is 5.56 Å². The van der Waals surface area contributed by atoms with Crippen LogP contribution in [0.3, 0.4) is 0 Å². The number of benzene rings is 1. The van der Waals surface area contributed by atoms with Gasteiger partial charge in [-0.15, -0.1) is 0 Å². The van der Waals surface area contributed by atoms with Crippen LogP contribution in [0.2, 0.25) is 10.0 Å². The lowest BCUT2D eigenvalue weighted by molar-refractivity contribution is -0.178. The molecule has 2 atom stereocenters. The number of rotatable bonds is 7. The Morgan fingerprint density at radius 1 is 1.21 bits per heavy atom. The first-order chi connectivity index (χ1) is 13.5. The number of aromatic nitrogens is 2. The number of amides is 1. The van der Waals surface area contributed by atoms with Gasteiger partial charge in [-0.25, -0.2) is 9.97 Å². The molecule has 0 saturated carbocycles. The lowest BCUT2D eigenvalue weighted by atomic mass is 9.91. The minimum absolute atomic E-state index is 0.0629. The molecule has 2 rings (SSSR count). The van der Waals surface area contributed by atoms with Crippen molar-refractivity contribution in [2.45, 2.75) is 31.9 Å². The smallest absolute Gasteiger partial charge is 0.392 e. The number of alkyl halides is 3. The second kappa shape index (κ2) is 9.41. The molecule has 2 N–H and O–H groups in total. The quantitative estimate of drug-likeness (QED) is 0.637. The third-order valence-corrected chi connectivity index (χ3v) is 4.66. The number of hydrogen-bond acceptors (Lipinski definition) is 4. The maximum atomic E-state index is 13.3. The van der Waals surface area contributed by atoms with Crippen LogP contribution in [-0.4, -0.2) is 33.1 Å². The Morgan fingerprint density at radius 2 is 1.83 bits per heavy atom. The van der Waals surface area contributed by atoms with Crippen molar-refractivity contribution in [2.75, 3.05) is 5.32 Å². The SMILES string of the molecule is C[C@H](C(C(=O)Nc1cc(CCC(=O)O)ccc1Cl)c1ncc(Cl)cn1)C(F)(F)F. The number of nitrogens with zero attached hydrogens (tertiary/aromatic N) is 2. The van der Waals surface area contributed by atoms with Gasteiger partial charge in [0.05, 0.1) is 21.7 Å². The van der Waals surface area contributed by atoms with Crippen molar-refractivity contribution >= 4 is 40.8 Å². The van der Waals surface area contributed by atoms with E-state index in [9.17, 15) is 22.8 Å². The fourth-order valence-electron chi connectivity index (χ4n) is 2.53. The monoisotopic (exact) mass is 449 g/mol. The number of hydrogen-bond donors (Lipinski definition) is 2. The Balaban J connectivity index is 2.33. The summed E-state index contributed by atoms with van der Waals surface area (Å²) in [4.78, 5) is 31.0. The predicted octanol–water partition coefficient (Wildman–Crippen LogP) is 4.72. The van der Waals surface area contributed by atoms with E-state index in [1.54, 1.807) is 6.07 Å². The molecule has 0 fully saturated rings. The number of carboxylic acids is 1. The van der Waals surface area contributed by atoms with Gasteiger partial charge in [0.15, 0.2) is 0 Å². The summed E-state index contributed by atoms with van der Waals surface area (Å²) in [6, 6.07) is 4.41. The highest BCUT2D eigenvalue weighted by Crippen LogP contribution is 2.37. The number of aryl methyl sites for hydroxylation is 1. The van der Waals surface area contributed by atoms with Crippen LogP contribution in [0.25, 0.3) is 0 Å². The second-order valence-corrected chi connectivity index (χ2v) is 7.11. The normalized spacial score (nSPS) is 13.6. The van der Waals surface area contributed by atoms with Crippen molar-refractivity contribution in [2.24, 2.45) is 5.92 Å². The van der Waals surface area contributed by atoms with Gasteiger partial charge in [-0.05, 0) is 24.1 Å². The number of anilines is 1. The van der Waals surface area contributed by atoms with Crippen LogP contribution in [0.5, 0.6) is 0 Å². The molecule has 1 amide bonds. The summed E-state index contributed by atoms with van der Waals surface area (Å²) in [6.45, 7) is 0.854. The van der Waals surface area contributed by atoms with Crippen LogP contribution in [0.1, 0.15) is 30.7 Å². The molecule has 1 aromatic carbocycles. The lowest BCUT2D eigenvalue weighted by Crippen LogP contribution is -2.35. The van der Waals surface area contributed by atoms with Gasteiger partial charge in [-0.3, -0.25) is 9.59 Å². The number of carbonyl (C=O) groups excluding carboxylic acids is 1. The van der Waals surface area contributed by atoms with E-state index in [1.807, 2.05) is 0 Å². The second-order valence-electron chi connectivity index (χ2n) is 6.26. The molecule has 1 heterocycles. The van der Waals surface area contributed by atoms with Crippen molar-refractivity contribution in [3.63, 3.8) is 0 Å². The molecular weight excluding hydrogens is 434 g/mol. The van der Waals surface area contributed by atoms with Crippen LogP contribution in [0, 0.1) is 5.92 Å². The number of halogens is 5. The van der Waals surface area contributed by atoms with Crippen LogP contribution in [0.4, 0.5) is 18.9 Å². The third-order valence-electron chi connectivity index (χ3n) is 4.13. The molecule has 0 radical (unpaired) electrons. The standard InChI is InChI=1S/C18H16Cl2F3N3O3/c1-9(18(21,22)23)15(16-24-7-11(19)8-25-16)17(29)26-13-6-10(2-4-12(13)20)3-5-14(27)28/h2,4,6-9,15H,3,5H2,1H3,(H,26,29)(H,27,28)/t9-,15?/m1/s1. The number of nitrogens with one attached hydrogen (secondary N) is 1. The van der Waals surface area contributed by atoms with Gasteiger partial charge in [0, 0.05) is 18.8 Å². The predicted molar refractivity (Wildman–Crippen MR) is 101 cm³/mol. The Bertz CT molecular complexity index is 892. The van der Waals surface area contributed by atoms with E-state index in [4.69, 9.17) is 28.3 Å². The summed E-state index contributed by atoms with van der Waals surface area (Å²) in [6.07, 6.45) is -2.46. The molecular formula is C18H16Cl2F3N3O3. The molecule has 156 valence electrons. The van der Waals surface area contributed by atoms with Crippen molar-refractivity contribution in [1.29, 1.82) is 0 Å². The van der Waals surface area contributed by atoms with E-state index in [0.717, 1.165) is 19.3 Å². The Morgan fingerprint density at radius 3 is 2.38 bits per heavy atom. The van der Waals surface area contributed by atoms with E-state index in [2.05, 4.69) is 15.3 Å². The highest BCUT2D eigenvalue weighted by molar-refractivity contribution is 6.33.